The molecule has 1 unspecified atom stereocenters. The molecule has 3 N–H and O–H groups in total. The lowest BCUT2D eigenvalue weighted by molar-refractivity contribution is -0.137. The Balaban J connectivity index is 1.50. The second-order valence-corrected chi connectivity index (χ2v) is 11.9. The van der Waals surface area contributed by atoms with Crippen LogP contribution in [0.5, 0.6) is 0 Å². The number of fused-ring (bicyclic) bond motifs is 1. The van der Waals surface area contributed by atoms with Gasteiger partial charge in [0.25, 0.3) is 15.6 Å². The number of halogens is 4. The van der Waals surface area contributed by atoms with E-state index in [0.29, 0.717) is 42.0 Å². The van der Waals surface area contributed by atoms with Gasteiger partial charge in [0.2, 0.25) is 0 Å². The van der Waals surface area contributed by atoms with E-state index in [4.69, 9.17) is 0 Å². The standard InChI is InChI=1S/C30H27F4N5O4S/c1-2-3-16-39-27-25(28(40)37-29(39)41)35-26(36-27)23(17-19-6-4-5-7-24(19)31)18-8-12-21(13-9-18)38-44(42,43)22-14-10-20(11-15-22)30(32,33)34/h4-15,23,38H,2-3,16-17H2,1H3,(H,35,36)(H,37,40,41). The summed E-state index contributed by atoms with van der Waals surface area (Å²) in [6.45, 7) is 2.29. The van der Waals surface area contributed by atoms with Crippen LogP contribution in [0.1, 0.15) is 48.2 Å². The summed E-state index contributed by atoms with van der Waals surface area (Å²) in [6.07, 6.45) is -3.02. The van der Waals surface area contributed by atoms with Crippen LogP contribution in [-0.2, 0) is 29.2 Å². The molecule has 0 aliphatic carbocycles. The fourth-order valence-corrected chi connectivity index (χ4v) is 5.88. The number of unbranched alkanes of at least 4 members (excludes halogenated alkanes) is 1. The average Bonchev–Trinajstić information content (AvgIpc) is 3.42. The van der Waals surface area contributed by atoms with Gasteiger partial charge in [-0.1, -0.05) is 43.7 Å². The van der Waals surface area contributed by atoms with E-state index in [1.54, 1.807) is 30.3 Å². The maximum Gasteiger partial charge on any atom is 0.416 e. The first-order valence-electron chi connectivity index (χ1n) is 13.6. The van der Waals surface area contributed by atoms with Gasteiger partial charge in [-0.25, -0.2) is 22.6 Å². The Bertz CT molecular complexity index is 2020. The molecule has 14 heteroatoms. The molecule has 2 aromatic heterocycles. The number of anilines is 1. The minimum Gasteiger partial charge on any atom is -0.336 e. The number of nitrogens with one attached hydrogen (secondary N) is 3. The summed E-state index contributed by atoms with van der Waals surface area (Å²) in [7, 11) is -4.21. The Labute approximate surface area is 248 Å². The van der Waals surface area contributed by atoms with E-state index in [1.165, 1.54) is 22.8 Å². The Morgan fingerprint density at radius 1 is 0.955 bits per heavy atom. The van der Waals surface area contributed by atoms with Crippen molar-refractivity contribution < 1.29 is 26.0 Å². The van der Waals surface area contributed by atoms with Crippen molar-refractivity contribution >= 4 is 26.9 Å². The highest BCUT2D eigenvalue weighted by Crippen LogP contribution is 2.32. The minimum atomic E-state index is -4.61. The third-order valence-electron chi connectivity index (χ3n) is 7.16. The summed E-state index contributed by atoms with van der Waals surface area (Å²) in [5, 5.41) is 0. The van der Waals surface area contributed by atoms with Crippen LogP contribution < -0.4 is 16.0 Å². The number of aromatic amines is 2. The van der Waals surface area contributed by atoms with Crippen molar-refractivity contribution in [2.45, 2.75) is 49.7 Å². The van der Waals surface area contributed by atoms with E-state index in [1.807, 2.05) is 6.92 Å². The average molecular weight is 630 g/mol. The van der Waals surface area contributed by atoms with Gasteiger partial charge in [0.15, 0.2) is 5.65 Å². The number of benzene rings is 3. The SMILES string of the molecule is CCCCn1c(=O)[nH]c(=O)c2[nH]c(C(Cc3ccccc3F)c3ccc(NS(=O)(=O)c4ccc(C(F)(F)F)cc4)cc3)nc21. The zero-order valence-electron chi connectivity index (χ0n) is 23.3. The fourth-order valence-electron chi connectivity index (χ4n) is 4.82. The van der Waals surface area contributed by atoms with Crippen LogP contribution in [0, 0.1) is 5.82 Å². The van der Waals surface area contributed by atoms with Crippen LogP contribution in [-0.4, -0.2) is 27.9 Å². The Kier molecular flexibility index (Phi) is 8.46. The molecule has 5 aromatic rings. The maximum absolute atomic E-state index is 14.7. The zero-order chi connectivity index (χ0) is 31.6. The highest BCUT2D eigenvalue weighted by molar-refractivity contribution is 7.92. The van der Waals surface area contributed by atoms with Crippen LogP contribution in [0.15, 0.2) is 87.3 Å². The number of H-pyrrole nitrogens is 2. The second-order valence-electron chi connectivity index (χ2n) is 10.2. The van der Waals surface area contributed by atoms with Crippen LogP contribution in [0.4, 0.5) is 23.2 Å². The summed E-state index contributed by atoms with van der Waals surface area (Å²) in [6, 6.07) is 15.4. The van der Waals surface area contributed by atoms with Crippen LogP contribution in [0.3, 0.4) is 0 Å². The van der Waals surface area contributed by atoms with Gasteiger partial charge in [-0.05, 0) is 66.4 Å². The first-order chi connectivity index (χ1) is 20.9. The highest BCUT2D eigenvalue weighted by atomic mass is 32.2. The lowest BCUT2D eigenvalue weighted by atomic mass is 9.91. The van der Waals surface area contributed by atoms with Gasteiger partial charge in [-0.2, -0.15) is 13.2 Å². The molecule has 0 fully saturated rings. The molecule has 0 bridgehead atoms. The normalized spacial score (nSPS) is 12.8. The Morgan fingerprint density at radius 2 is 1.64 bits per heavy atom. The molecule has 0 aliphatic rings. The van der Waals surface area contributed by atoms with Crippen molar-refractivity contribution in [3.63, 3.8) is 0 Å². The number of hydrogen-bond acceptors (Lipinski definition) is 5. The predicted molar refractivity (Wildman–Crippen MR) is 157 cm³/mol. The third-order valence-corrected chi connectivity index (χ3v) is 8.55. The van der Waals surface area contributed by atoms with Gasteiger partial charge in [-0.15, -0.1) is 0 Å². The number of sulfonamides is 1. The first kappa shape index (κ1) is 30.7. The predicted octanol–water partition coefficient (Wildman–Crippen LogP) is 5.55. The molecule has 9 nitrogen and oxygen atoms in total. The second kappa shape index (κ2) is 12.1. The van der Waals surface area contributed by atoms with Gasteiger partial charge >= 0.3 is 11.9 Å². The molecule has 0 spiro atoms. The summed E-state index contributed by atoms with van der Waals surface area (Å²) in [5.74, 6) is -0.802. The van der Waals surface area contributed by atoms with Crippen molar-refractivity contribution in [1.82, 2.24) is 19.5 Å². The summed E-state index contributed by atoms with van der Waals surface area (Å²) < 4.78 is 82.8. The topological polar surface area (TPSA) is 130 Å². The van der Waals surface area contributed by atoms with Gasteiger partial charge in [0.1, 0.15) is 17.2 Å². The molecule has 1 atom stereocenters. The Hall–Kier alpha value is -4.72. The van der Waals surface area contributed by atoms with E-state index < -0.39 is 44.7 Å². The number of alkyl halides is 3. The number of imidazole rings is 1. The molecule has 0 amide bonds. The quantitative estimate of drug-likeness (QED) is 0.175. The molecule has 3 aromatic carbocycles. The molecule has 5 rings (SSSR count). The smallest absolute Gasteiger partial charge is 0.336 e. The van der Waals surface area contributed by atoms with E-state index in [0.717, 1.165) is 18.6 Å². The molecule has 0 saturated carbocycles. The first-order valence-corrected chi connectivity index (χ1v) is 15.1. The molecule has 2 heterocycles. The van der Waals surface area contributed by atoms with E-state index in [9.17, 15) is 35.6 Å². The zero-order valence-corrected chi connectivity index (χ0v) is 24.1. The maximum atomic E-state index is 14.7. The molecule has 0 saturated heterocycles. The molecule has 0 radical (unpaired) electrons. The lowest BCUT2D eigenvalue weighted by Gasteiger charge is -2.17. The van der Waals surface area contributed by atoms with Crippen LogP contribution in [0.2, 0.25) is 0 Å². The number of aromatic nitrogens is 4. The lowest BCUT2D eigenvalue weighted by Crippen LogP contribution is -2.30. The molecule has 230 valence electrons. The van der Waals surface area contributed by atoms with Crippen molar-refractivity contribution in [2.24, 2.45) is 0 Å². The number of aryl methyl sites for hydroxylation is 1. The van der Waals surface area contributed by atoms with Gasteiger partial charge < -0.3 is 4.98 Å². The van der Waals surface area contributed by atoms with Gasteiger partial charge in [0.05, 0.1) is 10.5 Å². The molecule has 0 aliphatic heterocycles. The number of rotatable bonds is 10. The van der Waals surface area contributed by atoms with E-state index in [-0.39, 0.29) is 28.2 Å². The number of hydrogen-bond donors (Lipinski definition) is 3. The van der Waals surface area contributed by atoms with Gasteiger partial charge in [-0.3, -0.25) is 19.1 Å². The van der Waals surface area contributed by atoms with Gasteiger partial charge in [0, 0.05) is 18.2 Å². The van der Waals surface area contributed by atoms with Crippen LogP contribution in [0.25, 0.3) is 11.2 Å². The summed E-state index contributed by atoms with van der Waals surface area (Å²) in [4.78, 5) is 34.8. The minimum absolute atomic E-state index is 0.0927. The fraction of sp³-hybridized carbons (Fsp3) is 0.233. The summed E-state index contributed by atoms with van der Waals surface area (Å²) >= 11 is 0. The third kappa shape index (κ3) is 6.44. The van der Waals surface area contributed by atoms with Crippen molar-refractivity contribution in [3.05, 3.63) is 122 Å². The Morgan fingerprint density at radius 3 is 2.27 bits per heavy atom. The molecule has 44 heavy (non-hydrogen) atoms. The van der Waals surface area contributed by atoms with Crippen LogP contribution >= 0.6 is 0 Å². The highest BCUT2D eigenvalue weighted by Gasteiger charge is 2.31. The van der Waals surface area contributed by atoms with Crippen molar-refractivity contribution in [1.29, 1.82) is 0 Å². The monoisotopic (exact) mass is 629 g/mol. The largest absolute Gasteiger partial charge is 0.416 e. The van der Waals surface area contributed by atoms with Crippen molar-refractivity contribution in [2.75, 3.05) is 4.72 Å². The van der Waals surface area contributed by atoms with E-state index in [2.05, 4.69) is 19.7 Å². The molecular formula is C30H27F4N5O4S. The van der Waals surface area contributed by atoms with Crippen molar-refractivity contribution in [3.8, 4) is 0 Å². The van der Waals surface area contributed by atoms with E-state index >= 15 is 0 Å². The number of nitrogens with zero attached hydrogens (tertiary/aromatic N) is 2. The summed E-state index contributed by atoms with van der Waals surface area (Å²) in [5.41, 5.74) is -0.870. The molecular weight excluding hydrogens is 602 g/mol.